The molecule has 6 rings (SSSR count). The van der Waals surface area contributed by atoms with E-state index in [1.54, 1.807) is 7.11 Å². The predicted octanol–water partition coefficient (Wildman–Crippen LogP) is 4.18. The van der Waals surface area contributed by atoms with E-state index in [1.807, 2.05) is 6.26 Å². The normalized spacial score (nSPS) is 47.9. The van der Waals surface area contributed by atoms with Gasteiger partial charge in [-0.15, -0.1) is 0 Å². The highest BCUT2D eigenvalue weighted by Gasteiger charge is 2.66. The van der Waals surface area contributed by atoms with Crippen molar-refractivity contribution in [2.45, 2.75) is 76.5 Å². The first kappa shape index (κ1) is 22.5. The molecule has 3 saturated carbocycles. The SMILES string of the molecule is COC=C[C@]12C[C@H](O)[C@H]3[C@@H](CC=C4CC5(CC[C@@]43C)OCCO5)[C@@H]1CC[C@@H]2C1(C)OCCO1. The average Bonchev–Trinajstić information content (AvgIpc) is 3.52. The molecule has 6 aliphatic rings. The van der Waals surface area contributed by atoms with Gasteiger partial charge in [0.1, 0.15) is 0 Å². The Morgan fingerprint density at radius 3 is 2.48 bits per heavy atom. The maximum Gasteiger partial charge on any atom is 0.172 e. The molecule has 1 N–H and O–H groups in total. The molecule has 0 aromatic rings. The quantitative estimate of drug-likeness (QED) is 0.503. The summed E-state index contributed by atoms with van der Waals surface area (Å²) in [5, 5.41) is 11.9. The number of methoxy groups -OCH3 is 1. The van der Waals surface area contributed by atoms with Gasteiger partial charge < -0.3 is 28.8 Å². The number of hydrogen-bond acceptors (Lipinski definition) is 6. The summed E-state index contributed by atoms with van der Waals surface area (Å²) >= 11 is 0. The van der Waals surface area contributed by atoms with Crippen LogP contribution in [0.4, 0.5) is 0 Å². The summed E-state index contributed by atoms with van der Waals surface area (Å²) in [5.74, 6) is 0.394. The zero-order chi connectivity index (χ0) is 22.9. The number of hydrogen-bond donors (Lipinski definition) is 1. The lowest BCUT2D eigenvalue weighted by Gasteiger charge is -2.61. The van der Waals surface area contributed by atoms with E-state index < -0.39 is 11.6 Å². The van der Waals surface area contributed by atoms with E-state index in [-0.39, 0.29) is 28.8 Å². The first-order valence-corrected chi connectivity index (χ1v) is 13.0. The lowest BCUT2D eigenvalue weighted by Crippen LogP contribution is -2.59. The smallest absolute Gasteiger partial charge is 0.172 e. The van der Waals surface area contributed by atoms with E-state index in [9.17, 15) is 5.11 Å². The van der Waals surface area contributed by atoms with E-state index in [1.165, 1.54) is 5.57 Å². The van der Waals surface area contributed by atoms with Crippen molar-refractivity contribution >= 4 is 0 Å². The van der Waals surface area contributed by atoms with E-state index >= 15 is 0 Å². The van der Waals surface area contributed by atoms with Crippen LogP contribution in [0.2, 0.25) is 0 Å². The molecule has 0 radical (unpaired) electrons. The van der Waals surface area contributed by atoms with Gasteiger partial charge in [-0.1, -0.05) is 18.6 Å². The summed E-state index contributed by atoms with van der Waals surface area (Å²) < 4.78 is 30.0. The van der Waals surface area contributed by atoms with Crippen molar-refractivity contribution in [3.8, 4) is 0 Å². The molecule has 0 aromatic carbocycles. The fraction of sp³-hybridized carbons (Fsp3) is 0.852. The van der Waals surface area contributed by atoms with Gasteiger partial charge in [-0.2, -0.15) is 0 Å². The van der Waals surface area contributed by atoms with Crippen LogP contribution >= 0.6 is 0 Å². The molecule has 6 heteroatoms. The van der Waals surface area contributed by atoms with E-state index in [0.717, 1.165) is 44.9 Å². The van der Waals surface area contributed by atoms with Gasteiger partial charge in [-0.25, -0.2) is 0 Å². The summed E-state index contributed by atoms with van der Waals surface area (Å²) in [6.45, 7) is 7.18. The molecule has 2 heterocycles. The fourth-order valence-corrected chi connectivity index (χ4v) is 9.16. The Bertz CT molecular complexity index is 824. The summed E-state index contributed by atoms with van der Waals surface area (Å²) in [6.07, 6.45) is 12.9. The van der Waals surface area contributed by atoms with E-state index in [4.69, 9.17) is 23.7 Å². The molecule has 0 bridgehead atoms. The first-order valence-electron chi connectivity index (χ1n) is 13.0. The van der Waals surface area contributed by atoms with Crippen LogP contribution in [0.25, 0.3) is 0 Å². The molecule has 184 valence electrons. The van der Waals surface area contributed by atoms with Crippen LogP contribution in [0.5, 0.6) is 0 Å². The van der Waals surface area contributed by atoms with E-state index in [0.29, 0.717) is 38.3 Å². The van der Waals surface area contributed by atoms with Gasteiger partial charge in [0.15, 0.2) is 11.6 Å². The maximum atomic E-state index is 11.9. The minimum absolute atomic E-state index is 0.00235. The van der Waals surface area contributed by atoms with Crippen molar-refractivity contribution < 1.29 is 28.8 Å². The molecule has 6 nitrogen and oxygen atoms in total. The van der Waals surface area contributed by atoms with Gasteiger partial charge in [0, 0.05) is 24.2 Å². The maximum absolute atomic E-state index is 11.9. The zero-order valence-corrected chi connectivity index (χ0v) is 20.4. The number of aliphatic hydroxyl groups excluding tert-OH is 1. The summed E-state index contributed by atoms with van der Waals surface area (Å²) in [4.78, 5) is 0. The minimum Gasteiger partial charge on any atom is -0.505 e. The second-order valence-electron chi connectivity index (χ2n) is 11.7. The fourth-order valence-electron chi connectivity index (χ4n) is 9.16. The standard InChI is InChI=1S/C27H40O6/c1-24-8-9-27(32-14-15-33-27)16-18(24)4-5-19-20-6-7-22(25(2)30-12-13-31-25)26(20,10-11-29-3)17-21(28)23(19)24/h4,10-11,19-23,28H,5-9,12-17H2,1-3H3/t19-,20-,21-,22+,23+,24-,26-/m0/s1. The van der Waals surface area contributed by atoms with Crippen LogP contribution in [0.1, 0.15) is 58.8 Å². The van der Waals surface area contributed by atoms with Crippen LogP contribution in [-0.4, -0.2) is 56.3 Å². The lowest BCUT2D eigenvalue weighted by atomic mass is 9.45. The Morgan fingerprint density at radius 1 is 1.03 bits per heavy atom. The Labute approximate surface area is 197 Å². The lowest BCUT2D eigenvalue weighted by molar-refractivity contribution is -0.221. The Hall–Kier alpha value is -0.920. The zero-order valence-electron chi connectivity index (χ0n) is 20.4. The van der Waals surface area contributed by atoms with Crippen LogP contribution in [0.3, 0.4) is 0 Å². The highest BCUT2D eigenvalue weighted by Crippen LogP contribution is 2.69. The first-order chi connectivity index (χ1) is 15.9. The van der Waals surface area contributed by atoms with E-state index in [2.05, 4.69) is 26.0 Å². The number of rotatable bonds is 3. The number of allylic oxidation sites excluding steroid dienone is 2. The molecule has 33 heavy (non-hydrogen) atoms. The van der Waals surface area contributed by atoms with Gasteiger partial charge in [0.25, 0.3) is 0 Å². The number of aliphatic hydroxyl groups is 1. The van der Waals surface area contributed by atoms with Gasteiger partial charge in [0.2, 0.25) is 0 Å². The average molecular weight is 461 g/mol. The summed E-state index contributed by atoms with van der Waals surface area (Å²) in [6, 6.07) is 0. The second-order valence-corrected chi connectivity index (χ2v) is 11.7. The van der Waals surface area contributed by atoms with Gasteiger partial charge >= 0.3 is 0 Å². The molecule has 1 spiro atoms. The second kappa shape index (κ2) is 7.79. The van der Waals surface area contributed by atoms with Gasteiger partial charge in [-0.05, 0) is 68.3 Å². The third-order valence-electron chi connectivity index (χ3n) is 10.5. The molecule has 5 fully saturated rings. The molecule has 0 aromatic heterocycles. The Balaban J connectivity index is 1.36. The Kier molecular flexibility index (Phi) is 5.32. The monoisotopic (exact) mass is 460 g/mol. The third kappa shape index (κ3) is 3.17. The van der Waals surface area contributed by atoms with Gasteiger partial charge in [0.05, 0.1) is 45.9 Å². The molecule has 7 atom stereocenters. The van der Waals surface area contributed by atoms with Gasteiger partial charge in [-0.3, -0.25) is 0 Å². The largest absolute Gasteiger partial charge is 0.505 e. The molecule has 0 unspecified atom stereocenters. The van der Waals surface area contributed by atoms with Crippen molar-refractivity contribution in [3.05, 3.63) is 24.0 Å². The van der Waals surface area contributed by atoms with Crippen molar-refractivity contribution in [2.24, 2.45) is 34.5 Å². The Morgan fingerprint density at radius 2 is 1.76 bits per heavy atom. The molecule has 0 amide bonds. The summed E-state index contributed by atoms with van der Waals surface area (Å²) in [7, 11) is 1.71. The van der Waals surface area contributed by atoms with Crippen molar-refractivity contribution in [3.63, 3.8) is 0 Å². The molecule has 4 aliphatic carbocycles. The van der Waals surface area contributed by atoms with Crippen LogP contribution in [0.15, 0.2) is 24.0 Å². The van der Waals surface area contributed by atoms with Crippen molar-refractivity contribution in [1.82, 2.24) is 0 Å². The highest BCUT2D eigenvalue weighted by molar-refractivity contribution is 5.29. The van der Waals surface area contributed by atoms with Crippen LogP contribution in [0, 0.1) is 34.5 Å². The van der Waals surface area contributed by atoms with Crippen molar-refractivity contribution in [2.75, 3.05) is 33.5 Å². The van der Waals surface area contributed by atoms with Crippen LogP contribution in [-0.2, 0) is 23.7 Å². The number of fused-ring (bicyclic) bond motifs is 5. The molecule has 2 aliphatic heterocycles. The highest BCUT2D eigenvalue weighted by atomic mass is 16.7. The van der Waals surface area contributed by atoms with Crippen molar-refractivity contribution in [1.29, 1.82) is 0 Å². The third-order valence-corrected chi connectivity index (χ3v) is 10.5. The predicted molar refractivity (Wildman–Crippen MR) is 122 cm³/mol. The minimum atomic E-state index is -0.590. The summed E-state index contributed by atoms with van der Waals surface area (Å²) in [5.41, 5.74) is 1.27. The number of ether oxygens (including phenoxy) is 5. The molecular weight excluding hydrogens is 420 g/mol. The molecule has 2 saturated heterocycles. The molecular formula is C27H40O6. The van der Waals surface area contributed by atoms with Crippen LogP contribution < -0.4 is 0 Å². The topological polar surface area (TPSA) is 66.4 Å².